The summed E-state index contributed by atoms with van der Waals surface area (Å²) >= 11 is 1.51. The number of hydrogen-bond acceptors (Lipinski definition) is 4. The minimum atomic E-state index is -0.901. The molecule has 7 heteroatoms. The van der Waals surface area contributed by atoms with E-state index in [0.29, 0.717) is 17.5 Å². The monoisotopic (exact) mass is 287 g/mol. The van der Waals surface area contributed by atoms with Gasteiger partial charge in [-0.2, -0.15) is 0 Å². The second-order valence-electron chi connectivity index (χ2n) is 5.12. The zero-order valence-corrected chi connectivity index (χ0v) is 12.0. The summed E-state index contributed by atoms with van der Waals surface area (Å²) < 4.78 is 0. The lowest BCUT2D eigenvalue weighted by Crippen LogP contribution is -2.52. The summed E-state index contributed by atoms with van der Waals surface area (Å²) in [4.78, 5) is 26.9. The van der Waals surface area contributed by atoms with Gasteiger partial charge in [0.05, 0.1) is 5.88 Å². The molecule has 0 spiro atoms. The molecular formula is C12H21N3O3S. The molecule has 2 rings (SSSR count). The fourth-order valence-electron chi connectivity index (χ4n) is 2.71. The molecule has 2 amide bonds. The van der Waals surface area contributed by atoms with Crippen LogP contribution in [0.25, 0.3) is 0 Å². The number of carbonyl (C=O) groups excluding carboxylic acids is 1. The van der Waals surface area contributed by atoms with E-state index in [0.717, 1.165) is 32.5 Å². The lowest BCUT2D eigenvalue weighted by Gasteiger charge is -2.36. The number of nitrogens with zero attached hydrogens (tertiary/aromatic N) is 2. The third-order valence-electron chi connectivity index (χ3n) is 3.70. The second kappa shape index (κ2) is 6.47. The molecule has 2 fully saturated rings. The fraction of sp³-hybridized carbons (Fsp3) is 0.833. The number of thioether (sulfide) groups is 1. The quantitative estimate of drug-likeness (QED) is 0.791. The van der Waals surface area contributed by atoms with E-state index in [1.807, 2.05) is 11.9 Å². The molecular weight excluding hydrogens is 266 g/mol. The Kier molecular flexibility index (Phi) is 4.93. The summed E-state index contributed by atoms with van der Waals surface area (Å²) in [6.45, 7) is 2.38. The summed E-state index contributed by atoms with van der Waals surface area (Å²) in [5.74, 6) is 0.557. The predicted molar refractivity (Wildman–Crippen MR) is 74.2 cm³/mol. The van der Waals surface area contributed by atoms with Gasteiger partial charge in [0.1, 0.15) is 6.04 Å². The average molecular weight is 287 g/mol. The smallest absolute Gasteiger partial charge is 0.327 e. The van der Waals surface area contributed by atoms with Gasteiger partial charge < -0.3 is 20.2 Å². The van der Waals surface area contributed by atoms with Crippen LogP contribution in [0.4, 0.5) is 4.79 Å². The van der Waals surface area contributed by atoms with Gasteiger partial charge in [-0.25, -0.2) is 9.59 Å². The Labute approximate surface area is 117 Å². The third-order valence-corrected chi connectivity index (χ3v) is 4.71. The van der Waals surface area contributed by atoms with E-state index in [1.165, 1.54) is 16.7 Å². The van der Waals surface area contributed by atoms with Crippen LogP contribution >= 0.6 is 11.8 Å². The maximum Gasteiger partial charge on any atom is 0.327 e. The predicted octanol–water partition coefficient (Wildman–Crippen LogP) is 0.497. The van der Waals surface area contributed by atoms with Crippen molar-refractivity contribution >= 4 is 23.8 Å². The number of hydrogen-bond donors (Lipinski definition) is 2. The highest BCUT2D eigenvalue weighted by Crippen LogP contribution is 2.24. The zero-order valence-electron chi connectivity index (χ0n) is 11.2. The normalized spacial score (nSPS) is 27.6. The molecule has 0 aromatic carbocycles. The van der Waals surface area contributed by atoms with Crippen molar-refractivity contribution in [3.63, 3.8) is 0 Å². The van der Waals surface area contributed by atoms with Gasteiger partial charge in [-0.1, -0.05) is 0 Å². The van der Waals surface area contributed by atoms with Crippen LogP contribution in [0.2, 0.25) is 0 Å². The van der Waals surface area contributed by atoms with Crippen LogP contribution in [0, 0.1) is 5.92 Å². The Bertz CT molecular complexity index is 351. The van der Waals surface area contributed by atoms with E-state index >= 15 is 0 Å². The van der Waals surface area contributed by atoms with Crippen molar-refractivity contribution < 1.29 is 14.7 Å². The summed E-state index contributed by atoms with van der Waals surface area (Å²) in [6, 6.07) is -0.777. The number of rotatable bonds is 3. The maximum atomic E-state index is 12.4. The largest absolute Gasteiger partial charge is 0.480 e. The molecule has 0 bridgehead atoms. The molecule has 2 saturated heterocycles. The van der Waals surface area contributed by atoms with Crippen LogP contribution in [-0.2, 0) is 4.79 Å². The minimum absolute atomic E-state index is 0.113. The first kappa shape index (κ1) is 14.5. The number of likely N-dealkylation sites (tertiary alicyclic amines) is 1. The van der Waals surface area contributed by atoms with Gasteiger partial charge in [-0.3, -0.25) is 0 Å². The Balaban J connectivity index is 1.96. The molecule has 2 aliphatic rings. The third kappa shape index (κ3) is 3.33. The maximum absolute atomic E-state index is 12.4. The first-order valence-electron chi connectivity index (χ1n) is 6.64. The highest BCUT2D eigenvalue weighted by Gasteiger charge is 2.37. The molecule has 0 saturated carbocycles. The number of amides is 2. The SMILES string of the molecule is CNCC1CCCN(C(=O)N2CSC[C@H]2C(=O)O)C1. The number of aliphatic carboxylic acids is 1. The van der Waals surface area contributed by atoms with Crippen LogP contribution in [0.3, 0.4) is 0 Å². The standard InChI is InChI=1S/C12H21N3O3S/c1-13-5-9-3-2-4-14(6-9)12(18)15-8-19-7-10(15)11(16)17/h9-10,13H,2-8H2,1H3,(H,16,17)/t9?,10-/m0/s1. The number of carboxylic acid groups (broad SMARTS) is 1. The molecule has 6 nitrogen and oxygen atoms in total. The van der Waals surface area contributed by atoms with Gasteiger partial charge in [-0.05, 0) is 32.4 Å². The van der Waals surface area contributed by atoms with Crippen molar-refractivity contribution in [2.75, 3.05) is 38.3 Å². The topological polar surface area (TPSA) is 72.9 Å². The Morgan fingerprint density at radius 2 is 2.26 bits per heavy atom. The summed E-state index contributed by atoms with van der Waals surface area (Å²) in [7, 11) is 1.92. The average Bonchev–Trinajstić information content (AvgIpc) is 2.88. The van der Waals surface area contributed by atoms with E-state index in [9.17, 15) is 9.59 Å². The van der Waals surface area contributed by atoms with Gasteiger partial charge in [0.25, 0.3) is 0 Å². The molecule has 2 N–H and O–H groups in total. The second-order valence-corrected chi connectivity index (χ2v) is 6.12. The first-order chi connectivity index (χ1) is 9.13. The minimum Gasteiger partial charge on any atom is -0.480 e. The van der Waals surface area contributed by atoms with E-state index in [-0.39, 0.29) is 6.03 Å². The number of nitrogens with one attached hydrogen (secondary N) is 1. The van der Waals surface area contributed by atoms with E-state index < -0.39 is 12.0 Å². The molecule has 108 valence electrons. The number of urea groups is 1. The van der Waals surface area contributed by atoms with Crippen LogP contribution in [0.1, 0.15) is 12.8 Å². The zero-order chi connectivity index (χ0) is 13.8. The summed E-state index contributed by atoms with van der Waals surface area (Å²) in [5, 5.41) is 12.3. The van der Waals surface area contributed by atoms with Crippen molar-refractivity contribution in [3.05, 3.63) is 0 Å². The van der Waals surface area contributed by atoms with Crippen molar-refractivity contribution in [1.82, 2.24) is 15.1 Å². The van der Waals surface area contributed by atoms with Crippen LogP contribution in [-0.4, -0.2) is 71.3 Å². The van der Waals surface area contributed by atoms with Crippen molar-refractivity contribution in [2.24, 2.45) is 5.92 Å². The van der Waals surface area contributed by atoms with Crippen LogP contribution in [0.15, 0.2) is 0 Å². The molecule has 2 heterocycles. The summed E-state index contributed by atoms with van der Waals surface area (Å²) in [5.41, 5.74) is 0. The Morgan fingerprint density at radius 1 is 1.47 bits per heavy atom. The molecule has 2 aliphatic heterocycles. The number of piperidine rings is 1. The highest BCUT2D eigenvalue weighted by molar-refractivity contribution is 7.99. The van der Waals surface area contributed by atoms with Gasteiger partial charge >= 0.3 is 12.0 Å². The lowest BCUT2D eigenvalue weighted by molar-refractivity contribution is -0.141. The summed E-state index contributed by atoms with van der Waals surface area (Å²) in [6.07, 6.45) is 2.12. The van der Waals surface area contributed by atoms with Crippen molar-refractivity contribution in [1.29, 1.82) is 0 Å². The van der Waals surface area contributed by atoms with E-state index in [4.69, 9.17) is 5.11 Å². The van der Waals surface area contributed by atoms with Crippen LogP contribution in [0.5, 0.6) is 0 Å². The van der Waals surface area contributed by atoms with Crippen LogP contribution < -0.4 is 5.32 Å². The molecule has 1 unspecified atom stereocenters. The fourth-order valence-corrected chi connectivity index (χ4v) is 3.85. The van der Waals surface area contributed by atoms with Gasteiger partial charge in [0, 0.05) is 18.8 Å². The van der Waals surface area contributed by atoms with E-state index in [2.05, 4.69) is 5.32 Å². The van der Waals surface area contributed by atoms with Gasteiger partial charge in [0.2, 0.25) is 0 Å². The van der Waals surface area contributed by atoms with E-state index in [1.54, 1.807) is 0 Å². The molecule has 0 radical (unpaired) electrons. The number of carboxylic acids is 1. The molecule has 0 aromatic heterocycles. The molecule has 0 aliphatic carbocycles. The number of carbonyl (C=O) groups is 2. The lowest BCUT2D eigenvalue weighted by atomic mass is 9.98. The molecule has 2 atom stereocenters. The molecule has 0 aromatic rings. The van der Waals surface area contributed by atoms with Gasteiger partial charge in [0.15, 0.2) is 0 Å². The molecule has 19 heavy (non-hydrogen) atoms. The Hall–Kier alpha value is -0.950. The van der Waals surface area contributed by atoms with Crippen molar-refractivity contribution in [3.8, 4) is 0 Å². The highest BCUT2D eigenvalue weighted by atomic mass is 32.2. The first-order valence-corrected chi connectivity index (χ1v) is 7.79. The van der Waals surface area contributed by atoms with Crippen molar-refractivity contribution in [2.45, 2.75) is 18.9 Å². The Morgan fingerprint density at radius 3 is 2.95 bits per heavy atom. The van der Waals surface area contributed by atoms with Gasteiger partial charge in [-0.15, -0.1) is 11.8 Å².